The van der Waals surface area contributed by atoms with E-state index in [-0.39, 0.29) is 0 Å². The normalized spacial score (nSPS) is 18.6. The fourth-order valence-corrected chi connectivity index (χ4v) is 5.80. The van der Waals surface area contributed by atoms with Gasteiger partial charge in [-0.05, 0) is 83.5 Å². The van der Waals surface area contributed by atoms with Crippen LogP contribution in [0.2, 0.25) is 0 Å². The molecule has 178 valence electrons. The van der Waals surface area contributed by atoms with Crippen molar-refractivity contribution in [2.24, 2.45) is 0 Å². The zero-order valence-corrected chi connectivity index (χ0v) is 21.1. The molecule has 0 N–H and O–H groups in total. The summed E-state index contributed by atoms with van der Waals surface area (Å²) in [5, 5.41) is 2.89. The van der Waals surface area contributed by atoms with Gasteiger partial charge in [0.2, 0.25) is 0 Å². The van der Waals surface area contributed by atoms with E-state index in [1.165, 1.54) is 49.4 Å². The van der Waals surface area contributed by atoms with Crippen LogP contribution in [0.5, 0.6) is 5.75 Å². The molecule has 1 aliphatic heterocycles. The van der Waals surface area contributed by atoms with Gasteiger partial charge in [-0.1, -0.05) is 102 Å². The smallest absolute Gasteiger partial charge is 0.126 e. The van der Waals surface area contributed by atoms with Crippen molar-refractivity contribution >= 4 is 29.9 Å². The van der Waals surface area contributed by atoms with Crippen molar-refractivity contribution < 1.29 is 4.74 Å². The summed E-state index contributed by atoms with van der Waals surface area (Å²) in [6.45, 7) is 5.16. The topological polar surface area (TPSA) is 9.23 Å². The first-order valence-corrected chi connectivity index (χ1v) is 13.0. The van der Waals surface area contributed by atoms with Crippen LogP contribution in [0.1, 0.15) is 59.9 Å². The predicted octanol–water partition coefficient (Wildman–Crippen LogP) is 7.36. The van der Waals surface area contributed by atoms with E-state index in [1.807, 2.05) is 30.3 Å². The molecule has 4 aliphatic rings. The van der Waals surface area contributed by atoms with Crippen molar-refractivity contribution in [3.8, 4) is 5.75 Å². The van der Waals surface area contributed by atoms with Gasteiger partial charge < -0.3 is 4.74 Å². The summed E-state index contributed by atoms with van der Waals surface area (Å²) in [5.74, 6) is 1.50. The molecule has 3 aliphatic carbocycles. The highest BCUT2D eigenvalue weighted by molar-refractivity contribution is 5.83. The zero-order valence-electron chi connectivity index (χ0n) is 21.1. The molecule has 1 heteroatoms. The van der Waals surface area contributed by atoms with Gasteiger partial charge in [0.1, 0.15) is 12.4 Å². The number of allylic oxidation sites excluding steroid dienone is 5. The summed E-state index contributed by atoms with van der Waals surface area (Å²) >= 11 is 0. The standard InChI is InChI=1S/C26H24.C9H8O/c1-17-7-11-23-19(15-17)9-13-26-24-12-8-20(16-21(24)10-14-25(23)26)22-6-4-3-5-18(22)2;1-2-6-9-8(4-1)5-3-7-10-9/h3-6,8-9,11-15,20H,7,10,16H2,1-2H3;1-6H,7H2. The summed E-state index contributed by atoms with van der Waals surface area (Å²) in [6, 6.07) is 21.5. The average molecular weight is 469 g/mol. The maximum absolute atomic E-state index is 5.34. The van der Waals surface area contributed by atoms with Crippen LogP contribution in [0.15, 0.2) is 90.0 Å². The van der Waals surface area contributed by atoms with Gasteiger partial charge in [0.25, 0.3) is 0 Å². The number of hydrogen-bond acceptors (Lipinski definition) is 1. The molecule has 1 heterocycles. The van der Waals surface area contributed by atoms with Gasteiger partial charge in [0.05, 0.1) is 0 Å². The first-order valence-electron chi connectivity index (χ1n) is 13.0. The van der Waals surface area contributed by atoms with E-state index in [0.717, 1.165) is 25.0 Å². The Morgan fingerprint density at radius 1 is 0.778 bits per heavy atom. The third kappa shape index (κ3) is 4.31. The Bertz CT molecular complexity index is 1580. The Labute approximate surface area is 214 Å². The molecule has 0 aromatic heterocycles. The highest BCUT2D eigenvalue weighted by atomic mass is 16.5. The maximum atomic E-state index is 5.34. The van der Waals surface area contributed by atoms with E-state index in [4.69, 9.17) is 4.74 Å². The first-order chi connectivity index (χ1) is 17.7. The van der Waals surface area contributed by atoms with E-state index in [9.17, 15) is 0 Å². The van der Waals surface area contributed by atoms with Gasteiger partial charge in [0, 0.05) is 11.5 Å². The largest absolute Gasteiger partial charge is 0.489 e. The Morgan fingerprint density at radius 3 is 2.50 bits per heavy atom. The lowest BCUT2D eigenvalue weighted by molar-refractivity contribution is 0.358. The van der Waals surface area contributed by atoms with Crippen LogP contribution in [-0.2, 0) is 0 Å². The van der Waals surface area contributed by atoms with Crippen LogP contribution in [0, 0.1) is 6.92 Å². The summed E-state index contributed by atoms with van der Waals surface area (Å²) in [4.78, 5) is 0. The number of para-hydroxylation sites is 1. The number of hydrogen-bond donors (Lipinski definition) is 0. The SMILES string of the molecule is C1=Cc2ccccc2OC1.CC1=Cc2ccc3c(c2=CC1)=CCC1=C3C=CC(c2ccccc2C)C1. The van der Waals surface area contributed by atoms with Crippen molar-refractivity contribution in [1.82, 2.24) is 0 Å². The van der Waals surface area contributed by atoms with Crippen molar-refractivity contribution in [2.75, 3.05) is 6.61 Å². The van der Waals surface area contributed by atoms with Crippen molar-refractivity contribution in [3.05, 3.63) is 128 Å². The third-order valence-corrected chi connectivity index (χ3v) is 7.68. The van der Waals surface area contributed by atoms with Crippen LogP contribution in [0.4, 0.5) is 0 Å². The Hall–Kier alpha value is -3.84. The van der Waals surface area contributed by atoms with Gasteiger partial charge in [-0.15, -0.1) is 0 Å². The number of fused-ring (bicyclic) bond motifs is 5. The van der Waals surface area contributed by atoms with Crippen LogP contribution in [0.25, 0.3) is 29.9 Å². The van der Waals surface area contributed by atoms with Crippen LogP contribution in [-0.4, -0.2) is 6.61 Å². The lowest BCUT2D eigenvalue weighted by atomic mass is 9.78. The number of benzene rings is 3. The number of aryl methyl sites for hydroxylation is 1. The molecule has 1 atom stereocenters. The van der Waals surface area contributed by atoms with Gasteiger partial charge in [-0.25, -0.2) is 0 Å². The van der Waals surface area contributed by atoms with Crippen molar-refractivity contribution in [2.45, 2.75) is 39.0 Å². The molecule has 0 amide bonds. The molecule has 7 rings (SSSR count). The average Bonchev–Trinajstić information content (AvgIpc) is 2.93. The van der Waals surface area contributed by atoms with Crippen LogP contribution < -0.4 is 15.2 Å². The van der Waals surface area contributed by atoms with Crippen LogP contribution in [0.3, 0.4) is 0 Å². The second-order valence-electron chi connectivity index (χ2n) is 10.1. The van der Waals surface area contributed by atoms with E-state index in [2.05, 4.69) is 86.7 Å². The lowest BCUT2D eigenvalue weighted by Gasteiger charge is -2.27. The third-order valence-electron chi connectivity index (χ3n) is 7.68. The minimum Gasteiger partial charge on any atom is -0.489 e. The maximum Gasteiger partial charge on any atom is 0.126 e. The molecule has 0 saturated heterocycles. The molecule has 3 aromatic rings. The van der Waals surface area contributed by atoms with Gasteiger partial charge in [0.15, 0.2) is 0 Å². The van der Waals surface area contributed by atoms with Crippen molar-refractivity contribution in [1.29, 1.82) is 0 Å². The van der Waals surface area contributed by atoms with E-state index in [0.29, 0.717) is 12.5 Å². The minimum absolute atomic E-state index is 0.514. The zero-order chi connectivity index (χ0) is 24.5. The fourth-order valence-electron chi connectivity index (χ4n) is 5.80. The molecule has 3 aromatic carbocycles. The molecule has 1 unspecified atom stereocenters. The number of ether oxygens (including phenoxy) is 1. The summed E-state index contributed by atoms with van der Waals surface area (Å²) in [6.07, 6.45) is 19.4. The molecule has 0 fully saturated rings. The summed E-state index contributed by atoms with van der Waals surface area (Å²) < 4.78 is 5.34. The molecule has 0 radical (unpaired) electrons. The van der Waals surface area contributed by atoms with E-state index < -0.39 is 0 Å². The van der Waals surface area contributed by atoms with E-state index >= 15 is 0 Å². The molecular formula is C35H32O. The molecule has 0 saturated carbocycles. The monoisotopic (exact) mass is 468 g/mol. The first kappa shape index (κ1) is 22.6. The fraction of sp³-hybridized carbons (Fsp3) is 0.200. The highest BCUT2D eigenvalue weighted by Gasteiger charge is 2.22. The molecule has 0 bridgehead atoms. The quantitative estimate of drug-likeness (QED) is 0.363. The van der Waals surface area contributed by atoms with Gasteiger partial charge in [-0.3, -0.25) is 0 Å². The number of rotatable bonds is 1. The summed E-state index contributed by atoms with van der Waals surface area (Å²) in [5.41, 5.74) is 11.4. The highest BCUT2D eigenvalue weighted by Crippen LogP contribution is 2.38. The second-order valence-corrected chi connectivity index (χ2v) is 10.1. The Morgan fingerprint density at radius 2 is 1.61 bits per heavy atom. The second kappa shape index (κ2) is 9.66. The molecule has 1 nitrogen and oxygen atoms in total. The minimum atomic E-state index is 0.514. The molecule has 0 spiro atoms. The van der Waals surface area contributed by atoms with Crippen LogP contribution >= 0.6 is 0 Å². The van der Waals surface area contributed by atoms with Gasteiger partial charge in [-0.2, -0.15) is 0 Å². The molecule has 36 heavy (non-hydrogen) atoms. The molecular weight excluding hydrogens is 436 g/mol. The predicted molar refractivity (Wildman–Crippen MR) is 153 cm³/mol. The Balaban J connectivity index is 0.000000200. The lowest BCUT2D eigenvalue weighted by Crippen LogP contribution is -2.33. The van der Waals surface area contributed by atoms with Gasteiger partial charge >= 0.3 is 0 Å². The van der Waals surface area contributed by atoms with Crippen molar-refractivity contribution in [3.63, 3.8) is 0 Å². The van der Waals surface area contributed by atoms with E-state index in [1.54, 1.807) is 5.57 Å². The Kier molecular flexibility index (Phi) is 6.07. The summed E-state index contributed by atoms with van der Waals surface area (Å²) in [7, 11) is 0.